The summed E-state index contributed by atoms with van der Waals surface area (Å²) in [6.07, 6.45) is 0. The molecule has 2 aliphatic rings. The van der Waals surface area contributed by atoms with Crippen LogP contribution in [0.15, 0.2) is 17.7 Å². The van der Waals surface area contributed by atoms with Crippen LogP contribution in [0.5, 0.6) is 11.5 Å². The number of carbonyl (C=O) groups is 2. The molecule has 0 aromatic heterocycles. The minimum atomic E-state index is -0.606. The van der Waals surface area contributed by atoms with E-state index in [0.717, 1.165) is 0 Å². The van der Waals surface area contributed by atoms with Gasteiger partial charge >= 0.3 is 0 Å². The Bertz CT molecular complexity index is 730. The Kier molecular flexibility index (Phi) is 2.99. The lowest BCUT2D eigenvalue weighted by Gasteiger charge is -2.19. The molecule has 2 heterocycles. The van der Waals surface area contributed by atoms with Crippen molar-refractivity contribution >= 4 is 23.1 Å². The smallest absolute Gasteiger partial charge is 0.262 e. The summed E-state index contributed by atoms with van der Waals surface area (Å²) in [5, 5.41) is 14.1. The third-order valence-corrected chi connectivity index (χ3v) is 3.24. The summed E-state index contributed by atoms with van der Waals surface area (Å²) in [7, 11) is 1.40. The van der Waals surface area contributed by atoms with Crippen molar-refractivity contribution in [1.82, 2.24) is 5.32 Å². The van der Waals surface area contributed by atoms with Gasteiger partial charge in [-0.25, -0.2) is 0 Å². The summed E-state index contributed by atoms with van der Waals surface area (Å²) in [5.74, 6) is -0.0823. The topological polar surface area (TPSA) is 100 Å². The average molecular weight is 285 g/mol. The number of amides is 2. The predicted molar refractivity (Wildman–Crippen MR) is 72.7 cm³/mol. The summed E-state index contributed by atoms with van der Waals surface area (Å²) < 4.78 is 10.9. The first-order chi connectivity index (χ1) is 10.2. The Labute approximate surface area is 120 Å². The van der Waals surface area contributed by atoms with Crippen molar-refractivity contribution in [3.63, 3.8) is 0 Å². The van der Waals surface area contributed by atoms with Crippen molar-refractivity contribution in [3.8, 4) is 17.6 Å². The maximum atomic E-state index is 12.1. The fourth-order valence-corrected chi connectivity index (χ4v) is 2.30. The Morgan fingerprint density at radius 1 is 1.33 bits per heavy atom. The van der Waals surface area contributed by atoms with Crippen LogP contribution in [0.2, 0.25) is 0 Å². The van der Waals surface area contributed by atoms with Crippen LogP contribution in [0, 0.1) is 11.3 Å². The molecule has 7 heteroatoms. The molecule has 3 rings (SSSR count). The normalized spacial score (nSPS) is 17.4. The second kappa shape index (κ2) is 4.83. The molecule has 21 heavy (non-hydrogen) atoms. The van der Waals surface area contributed by atoms with E-state index in [2.05, 4.69) is 10.6 Å². The van der Waals surface area contributed by atoms with E-state index in [4.69, 9.17) is 14.7 Å². The van der Waals surface area contributed by atoms with E-state index in [1.54, 1.807) is 18.2 Å². The van der Waals surface area contributed by atoms with Crippen molar-refractivity contribution < 1.29 is 19.1 Å². The molecular formula is C14H11N3O4. The largest absolute Gasteiger partial charge is 0.486 e. The molecule has 2 amide bonds. The summed E-state index contributed by atoms with van der Waals surface area (Å²) in [6.45, 7) is 0.844. The van der Waals surface area contributed by atoms with Crippen LogP contribution in [-0.4, -0.2) is 32.1 Å². The number of nitrogens with zero attached hydrogens (tertiary/aromatic N) is 1. The standard InChI is InChI=1S/C14H11N3O4/c1-16-13(18)8(6-15)12-7-4-10-11(21-3-2-20-10)5-9(7)17-14(12)19/h4-5H,2-3H2,1H3,(H,16,18)(H,17,19)/b12-8-. The lowest BCUT2D eigenvalue weighted by Crippen LogP contribution is -2.22. The van der Waals surface area contributed by atoms with Gasteiger partial charge in [-0.3, -0.25) is 9.59 Å². The number of nitrogens with one attached hydrogen (secondary N) is 2. The van der Waals surface area contributed by atoms with Crippen LogP contribution in [-0.2, 0) is 9.59 Å². The Hall–Kier alpha value is -3.01. The number of ether oxygens (including phenoxy) is 2. The molecule has 0 aliphatic carbocycles. The van der Waals surface area contributed by atoms with E-state index >= 15 is 0 Å². The quantitative estimate of drug-likeness (QED) is 0.576. The zero-order chi connectivity index (χ0) is 15.0. The summed E-state index contributed by atoms with van der Waals surface area (Å²) in [6, 6.07) is 5.02. The number of fused-ring (bicyclic) bond motifs is 2. The Morgan fingerprint density at radius 2 is 2.00 bits per heavy atom. The van der Waals surface area contributed by atoms with Gasteiger partial charge in [0.25, 0.3) is 11.8 Å². The van der Waals surface area contributed by atoms with Gasteiger partial charge in [-0.1, -0.05) is 0 Å². The first kappa shape index (κ1) is 13.0. The van der Waals surface area contributed by atoms with E-state index < -0.39 is 11.8 Å². The molecule has 0 saturated heterocycles. The van der Waals surface area contributed by atoms with Gasteiger partial charge in [-0.15, -0.1) is 0 Å². The summed E-state index contributed by atoms with van der Waals surface area (Å²) in [5.41, 5.74) is 0.773. The third kappa shape index (κ3) is 1.97. The van der Waals surface area contributed by atoms with Gasteiger partial charge in [0.05, 0.1) is 11.3 Å². The highest BCUT2D eigenvalue weighted by Gasteiger charge is 2.32. The fraction of sp³-hybridized carbons (Fsp3) is 0.214. The summed E-state index contributed by atoms with van der Waals surface area (Å²) in [4.78, 5) is 23.8. The molecule has 0 atom stereocenters. The van der Waals surface area contributed by atoms with Crippen LogP contribution in [0.25, 0.3) is 5.57 Å². The van der Waals surface area contributed by atoms with Gasteiger partial charge in [0.1, 0.15) is 24.9 Å². The molecule has 7 nitrogen and oxygen atoms in total. The zero-order valence-electron chi connectivity index (χ0n) is 11.1. The molecule has 2 N–H and O–H groups in total. The molecule has 1 aromatic carbocycles. The Balaban J connectivity index is 2.20. The molecule has 0 unspecified atom stereocenters. The van der Waals surface area contributed by atoms with Crippen LogP contribution < -0.4 is 20.1 Å². The first-order valence-electron chi connectivity index (χ1n) is 6.27. The van der Waals surface area contributed by atoms with Gasteiger partial charge in [-0.2, -0.15) is 5.26 Å². The molecule has 1 aromatic rings. The molecule has 2 aliphatic heterocycles. The highest BCUT2D eigenvalue weighted by Crippen LogP contribution is 2.42. The number of rotatable bonds is 1. The SMILES string of the molecule is CNC(=O)/C(C#N)=C1\C(=O)Nc2cc3c(cc21)OCCO3. The van der Waals surface area contributed by atoms with Crippen molar-refractivity contribution in [1.29, 1.82) is 5.26 Å². The molecular weight excluding hydrogens is 274 g/mol. The number of hydrogen-bond acceptors (Lipinski definition) is 5. The number of hydrogen-bond donors (Lipinski definition) is 2. The number of carbonyl (C=O) groups excluding carboxylic acids is 2. The third-order valence-electron chi connectivity index (χ3n) is 3.24. The first-order valence-corrected chi connectivity index (χ1v) is 6.27. The zero-order valence-corrected chi connectivity index (χ0v) is 11.1. The van der Waals surface area contributed by atoms with Crippen molar-refractivity contribution in [2.45, 2.75) is 0 Å². The number of nitriles is 1. The monoisotopic (exact) mass is 285 g/mol. The number of benzene rings is 1. The van der Waals surface area contributed by atoms with Crippen LogP contribution in [0.3, 0.4) is 0 Å². The van der Waals surface area contributed by atoms with Crippen LogP contribution in [0.1, 0.15) is 5.56 Å². The fourth-order valence-electron chi connectivity index (χ4n) is 2.30. The number of anilines is 1. The molecule has 0 saturated carbocycles. The minimum absolute atomic E-state index is 0.0452. The minimum Gasteiger partial charge on any atom is -0.486 e. The number of likely N-dealkylation sites (N-methyl/N-ethyl adjacent to an activating group) is 1. The van der Waals surface area contributed by atoms with Gasteiger partial charge in [0, 0.05) is 18.7 Å². The van der Waals surface area contributed by atoms with Gasteiger partial charge in [0.2, 0.25) is 0 Å². The molecule has 106 valence electrons. The van der Waals surface area contributed by atoms with Gasteiger partial charge < -0.3 is 20.1 Å². The van der Waals surface area contributed by atoms with E-state index in [-0.39, 0.29) is 11.1 Å². The molecule has 0 spiro atoms. The maximum Gasteiger partial charge on any atom is 0.262 e. The lowest BCUT2D eigenvalue weighted by atomic mass is 10.0. The van der Waals surface area contributed by atoms with Crippen LogP contribution >= 0.6 is 0 Å². The molecule has 0 radical (unpaired) electrons. The Morgan fingerprint density at radius 3 is 2.62 bits per heavy atom. The maximum absolute atomic E-state index is 12.1. The van der Waals surface area contributed by atoms with Gasteiger partial charge in [0.15, 0.2) is 11.5 Å². The predicted octanol–water partition coefficient (Wildman–Crippen LogP) is 0.433. The van der Waals surface area contributed by atoms with Crippen molar-refractivity contribution in [3.05, 3.63) is 23.3 Å². The van der Waals surface area contributed by atoms with Crippen molar-refractivity contribution in [2.24, 2.45) is 0 Å². The van der Waals surface area contributed by atoms with E-state index in [1.165, 1.54) is 7.05 Å². The van der Waals surface area contributed by atoms with E-state index in [9.17, 15) is 9.59 Å². The second-order valence-corrected chi connectivity index (χ2v) is 4.44. The highest BCUT2D eigenvalue weighted by atomic mass is 16.6. The van der Waals surface area contributed by atoms with Gasteiger partial charge in [-0.05, 0) is 6.07 Å². The average Bonchev–Trinajstić information content (AvgIpc) is 2.81. The highest BCUT2D eigenvalue weighted by molar-refractivity contribution is 6.36. The second-order valence-electron chi connectivity index (χ2n) is 4.44. The molecule has 0 bridgehead atoms. The van der Waals surface area contributed by atoms with E-state index in [1.807, 2.05) is 0 Å². The lowest BCUT2D eigenvalue weighted by molar-refractivity contribution is -0.117. The molecule has 0 fully saturated rings. The van der Waals surface area contributed by atoms with E-state index in [0.29, 0.717) is 36.0 Å². The van der Waals surface area contributed by atoms with Crippen LogP contribution in [0.4, 0.5) is 5.69 Å². The summed E-state index contributed by atoms with van der Waals surface area (Å²) >= 11 is 0. The van der Waals surface area contributed by atoms with Crippen molar-refractivity contribution in [2.75, 3.05) is 25.6 Å².